The molecule has 0 aliphatic carbocycles. The van der Waals surface area contributed by atoms with Crippen molar-refractivity contribution in [1.82, 2.24) is 10.6 Å². The second-order valence-electron chi connectivity index (χ2n) is 6.74. The zero-order valence-electron chi connectivity index (χ0n) is 15.5. The van der Waals surface area contributed by atoms with E-state index < -0.39 is 11.6 Å². The monoisotopic (exact) mass is 354 g/mol. The zero-order chi connectivity index (χ0) is 19.0. The lowest BCUT2D eigenvalue weighted by Crippen LogP contribution is -2.41. The molecule has 2 aromatic carbocycles. The first kappa shape index (κ1) is 19.5. The van der Waals surface area contributed by atoms with Gasteiger partial charge in [-0.1, -0.05) is 54.6 Å². The molecule has 0 aliphatic heterocycles. The van der Waals surface area contributed by atoms with Gasteiger partial charge in [-0.2, -0.15) is 0 Å². The minimum atomic E-state index is -0.552. The molecule has 5 heteroatoms. The van der Waals surface area contributed by atoms with Gasteiger partial charge in [-0.25, -0.2) is 4.79 Å². The molecule has 2 rings (SSSR count). The highest BCUT2D eigenvalue weighted by Crippen LogP contribution is 2.21. The first-order valence-electron chi connectivity index (χ1n) is 8.69. The third-order valence-corrected chi connectivity index (χ3v) is 4.09. The van der Waals surface area contributed by atoms with Crippen LogP contribution in [0.5, 0.6) is 0 Å². The van der Waals surface area contributed by atoms with Gasteiger partial charge in [-0.15, -0.1) is 0 Å². The molecule has 0 unspecified atom stereocenters. The molecule has 26 heavy (non-hydrogen) atoms. The molecule has 0 aliphatic rings. The molecular formula is C21H26N2O3. The van der Waals surface area contributed by atoms with Crippen LogP contribution in [0.4, 0.5) is 4.79 Å². The van der Waals surface area contributed by atoms with Crippen LogP contribution in [0.2, 0.25) is 0 Å². The van der Waals surface area contributed by atoms with E-state index in [1.165, 1.54) is 6.92 Å². The molecule has 0 atom stereocenters. The molecule has 0 aromatic heterocycles. The van der Waals surface area contributed by atoms with Crippen molar-refractivity contribution in [3.05, 3.63) is 71.3 Å². The SMILES string of the molecule is CC(=O)NCCc1ccc(C(C)(C)NC(=O)OCc2ccccc2)cc1. The molecule has 5 nitrogen and oxygen atoms in total. The fraction of sp³-hybridized carbons (Fsp3) is 0.333. The van der Waals surface area contributed by atoms with Crippen LogP contribution in [-0.2, 0) is 28.1 Å². The molecule has 0 saturated heterocycles. The van der Waals surface area contributed by atoms with Crippen LogP contribution >= 0.6 is 0 Å². The summed E-state index contributed by atoms with van der Waals surface area (Å²) in [5.41, 5.74) is 2.51. The summed E-state index contributed by atoms with van der Waals surface area (Å²) >= 11 is 0. The van der Waals surface area contributed by atoms with Crippen molar-refractivity contribution in [2.24, 2.45) is 0 Å². The van der Waals surface area contributed by atoms with Crippen molar-refractivity contribution >= 4 is 12.0 Å². The zero-order valence-corrected chi connectivity index (χ0v) is 15.5. The van der Waals surface area contributed by atoms with Crippen LogP contribution in [0.15, 0.2) is 54.6 Å². The van der Waals surface area contributed by atoms with Crippen LogP contribution in [0.3, 0.4) is 0 Å². The Hall–Kier alpha value is -2.82. The molecule has 0 radical (unpaired) electrons. The van der Waals surface area contributed by atoms with Gasteiger partial charge in [0.25, 0.3) is 0 Å². The predicted octanol–water partition coefficient (Wildman–Crippen LogP) is 3.53. The second kappa shape index (κ2) is 9.04. The summed E-state index contributed by atoms with van der Waals surface area (Å²) < 4.78 is 5.29. The Balaban J connectivity index is 1.87. The third kappa shape index (κ3) is 6.24. The van der Waals surface area contributed by atoms with Crippen LogP contribution in [-0.4, -0.2) is 18.5 Å². The van der Waals surface area contributed by atoms with Crippen LogP contribution in [0, 0.1) is 0 Å². The van der Waals surface area contributed by atoms with Gasteiger partial charge in [0.15, 0.2) is 0 Å². The van der Waals surface area contributed by atoms with Gasteiger partial charge in [-0.3, -0.25) is 4.79 Å². The van der Waals surface area contributed by atoms with E-state index in [-0.39, 0.29) is 12.5 Å². The maximum Gasteiger partial charge on any atom is 0.408 e. The van der Waals surface area contributed by atoms with Gasteiger partial charge in [0.1, 0.15) is 6.61 Å². The average Bonchev–Trinajstić information content (AvgIpc) is 2.61. The Morgan fingerprint density at radius 1 is 0.962 bits per heavy atom. The van der Waals surface area contributed by atoms with E-state index in [0.717, 1.165) is 23.1 Å². The van der Waals surface area contributed by atoms with E-state index in [1.54, 1.807) is 0 Å². The molecule has 0 heterocycles. The van der Waals surface area contributed by atoms with Crippen LogP contribution in [0.25, 0.3) is 0 Å². The summed E-state index contributed by atoms with van der Waals surface area (Å²) in [6, 6.07) is 17.6. The Morgan fingerprint density at radius 3 is 2.23 bits per heavy atom. The lowest BCUT2D eigenvalue weighted by atomic mass is 9.93. The normalized spacial score (nSPS) is 10.9. The second-order valence-corrected chi connectivity index (χ2v) is 6.74. The molecule has 138 valence electrons. The van der Waals surface area contributed by atoms with Gasteiger partial charge in [0.2, 0.25) is 5.91 Å². The van der Waals surface area contributed by atoms with E-state index in [0.29, 0.717) is 6.54 Å². The summed E-state index contributed by atoms with van der Waals surface area (Å²) in [5, 5.41) is 5.68. The minimum Gasteiger partial charge on any atom is -0.445 e. The van der Waals surface area contributed by atoms with Crippen LogP contribution < -0.4 is 10.6 Å². The third-order valence-electron chi connectivity index (χ3n) is 4.09. The topological polar surface area (TPSA) is 67.4 Å². The minimum absolute atomic E-state index is 0.0269. The summed E-state index contributed by atoms with van der Waals surface area (Å²) in [5.74, 6) is -0.0269. The lowest BCUT2D eigenvalue weighted by Gasteiger charge is -2.26. The Labute approximate surface area is 154 Å². The summed E-state index contributed by atoms with van der Waals surface area (Å²) in [4.78, 5) is 23.0. The van der Waals surface area contributed by atoms with Gasteiger partial charge in [-0.05, 0) is 37.0 Å². The highest BCUT2D eigenvalue weighted by Gasteiger charge is 2.23. The summed E-state index contributed by atoms with van der Waals surface area (Å²) in [6.45, 7) is 6.23. The predicted molar refractivity (Wildman–Crippen MR) is 102 cm³/mol. The molecule has 2 aromatic rings. The van der Waals surface area contributed by atoms with Crippen molar-refractivity contribution in [1.29, 1.82) is 0 Å². The number of amides is 2. The van der Waals surface area contributed by atoms with E-state index in [9.17, 15) is 9.59 Å². The standard InChI is InChI=1S/C21H26N2O3/c1-16(24)22-14-13-17-9-11-19(12-10-17)21(2,3)23-20(25)26-15-18-7-5-4-6-8-18/h4-12H,13-15H2,1-3H3,(H,22,24)(H,23,25). The molecule has 2 N–H and O–H groups in total. The first-order chi connectivity index (χ1) is 12.4. The fourth-order valence-electron chi connectivity index (χ4n) is 2.56. The highest BCUT2D eigenvalue weighted by atomic mass is 16.5. The van der Waals surface area contributed by atoms with Crippen molar-refractivity contribution in [2.45, 2.75) is 39.3 Å². The first-order valence-corrected chi connectivity index (χ1v) is 8.69. The quantitative estimate of drug-likeness (QED) is 0.799. The van der Waals surface area contributed by atoms with Gasteiger partial charge >= 0.3 is 6.09 Å². The Kier molecular flexibility index (Phi) is 6.78. The fourth-order valence-corrected chi connectivity index (χ4v) is 2.56. The van der Waals surface area contributed by atoms with E-state index >= 15 is 0 Å². The van der Waals surface area contributed by atoms with Gasteiger partial charge in [0, 0.05) is 13.5 Å². The molecule has 0 spiro atoms. The van der Waals surface area contributed by atoms with Gasteiger partial charge in [0.05, 0.1) is 5.54 Å². The number of rotatable bonds is 7. The number of carbonyl (C=O) groups excluding carboxylic acids is 2. The highest BCUT2D eigenvalue weighted by molar-refractivity contribution is 5.72. The number of ether oxygens (including phenoxy) is 1. The largest absolute Gasteiger partial charge is 0.445 e. The Bertz CT molecular complexity index is 725. The van der Waals surface area contributed by atoms with Crippen molar-refractivity contribution in [3.63, 3.8) is 0 Å². The average molecular weight is 354 g/mol. The molecular weight excluding hydrogens is 328 g/mol. The number of alkyl carbamates (subject to hydrolysis) is 1. The number of benzene rings is 2. The maximum absolute atomic E-state index is 12.1. The molecule has 0 bridgehead atoms. The van der Waals surface area contributed by atoms with E-state index in [2.05, 4.69) is 10.6 Å². The number of hydrogen-bond acceptors (Lipinski definition) is 3. The number of carbonyl (C=O) groups is 2. The molecule has 0 fully saturated rings. The summed E-state index contributed by atoms with van der Waals surface area (Å²) in [6.07, 6.45) is 0.320. The van der Waals surface area contributed by atoms with Crippen molar-refractivity contribution in [3.8, 4) is 0 Å². The van der Waals surface area contributed by atoms with E-state index in [4.69, 9.17) is 4.74 Å². The van der Waals surface area contributed by atoms with E-state index in [1.807, 2.05) is 68.4 Å². The van der Waals surface area contributed by atoms with Crippen molar-refractivity contribution in [2.75, 3.05) is 6.54 Å². The summed E-state index contributed by atoms with van der Waals surface area (Å²) in [7, 11) is 0. The maximum atomic E-state index is 12.1. The molecule has 2 amide bonds. The Morgan fingerprint density at radius 2 is 1.62 bits per heavy atom. The lowest BCUT2D eigenvalue weighted by molar-refractivity contribution is -0.118. The number of nitrogens with one attached hydrogen (secondary N) is 2. The van der Waals surface area contributed by atoms with Gasteiger partial charge < -0.3 is 15.4 Å². The number of hydrogen-bond donors (Lipinski definition) is 2. The molecule has 0 saturated carbocycles. The smallest absolute Gasteiger partial charge is 0.408 e. The van der Waals surface area contributed by atoms with Crippen molar-refractivity contribution < 1.29 is 14.3 Å². The van der Waals surface area contributed by atoms with Crippen LogP contribution in [0.1, 0.15) is 37.5 Å².